The summed E-state index contributed by atoms with van der Waals surface area (Å²) in [7, 11) is 2.04. The summed E-state index contributed by atoms with van der Waals surface area (Å²) in [6, 6.07) is 4.33. The van der Waals surface area contributed by atoms with Crippen molar-refractivity contribution in [2.75, 3.05) is 13.1 Å². The summed E-state index contributed by atoms with van der Waals surface area (Å²) in [4.78, 5) is 14.8. The first-order valence-electron chi connectivity index (χ1n) is 9.07. The van der Waals surface area contributed by atoms with Crippen LogP contribution in [0.5, 0.6) is 0 Å². The molecular weight excluding hydrogens is 316 g/mol. The normalized spacial score (nSPS) is 19.0. The quantitative estimate of drug-likeness (QED) is 0.920. The van der Waals surface area contributed by atoms with Gasteiger partial charge in [0.2, 0.25) is 0 Å². The number of urea groups is 1. The summed E-state index contributed by atoms with van der Waals surface area (Å²) in [6.07, 6.45) is 5.28. The van der Waals surface area contributed by atoms with Crippen LogP contribution in [0.4, 0.5) is 4.79 Å². The number of aryl methyl sites for hydroxylation is 3. The van der Waals surface area contributed by atoms with Crippen molar-refractivity contribution in [1.82, 2.24) is 19.9 Å². The van der Waals surface area contributed by atoms with Crippen molar-refractivity contribution in [2.45, 2.75) is 52.0 Å². The first-order chi connectivity index (χ1) is 12.0. The highest BCUT2D eigenvalue weighted by Gasteiger charge is 2.29. The number of aromatic nitrogens is 2. The Labute approximate surface area is 149 Å². The Morgan fingerprint density at radius 3 is 2.88 bits per heavy atom. The van der Waals surface area contributed by atoms with Crippen LogP contribution in [0.25, 0.3) is 0 Å². The molecule has 6 heteroatoms. The number of nitrogens with one attached hydrogen (secondary N) is 1. The van der Waals surface area contributed by atoms with Gasteiger partial charge in [-0.05, 0) is 45.2 Å². The van der Waals surface area contributed by atoms with Crippen molar-refractivity contribution in [3.63, 3.8) is 0 Å². The summed E-state index contributed by atoms with van der Waals surface area (Å²) in [5.41, 5.74) is 3.20. The number of carbonyl (C=O) groups excluding carboxylic acids is 1. The predicted octanol–water partition coefficient (Wildman–Crippen LogP) is 3.67. The Balaban J connectivity index is 1.66. The second kappa shape index (κ2) is 7.33. The third-order valence-corrected chi connectivity index (χ3v) is 5.23. The lowest BCUT2D eigenvalue weighted by molar-refractivity contribution is 0.148. The first kappa shape index (κ1) is 17.6. The smallest absolute Gasteiger partial charge is 0.317 e. The van der Waals surface area contributed by atoms with E-state index in [1.165, 1.54) is 5.69 Å². The van der Waals surface area contributed by atoms with Crippen LogP contribution in [0.15, 0.2) is 22.9 Å². The van der Waals surface area contributed by atoms with Crippen molar-refractivity contribution in [3.8, 4) is 0 Å². The van der Waals surface area contributed by atoms with E-state index in [1.54, 1.807) is 0 Å². The van der Waals surface area contributed by atoms with Crippen molar-refractivity contribution in [2.24, 2.45) is 7.05 Å². The van der Waals surface area contributed by atoms with E-state index in [9.17, 15) is 4.79 Å². The molecule has 136 valence electrons. The van der Waals surface area contributed by atoms with Crippen LogP contribution in [0.2, 0.25) is 0 Å². The number of carbonyl (C=O) groups is 1. The Hall–Kier alpha value is -2.24. The van der Waals surface area contributed by atoms with Gasteiger partial charge in [-0.1, -0.05) is 12.1 Å². The minimum atomic E-state index is 0.0181. The third kappa shape index (κ3) is 3.57. The molecule has 1 aliphatic rings. The van der Waals surface area contributed by atoms with Gasteiger partial charge in [0.1, 0.15) is 5.76 Å². The van der Waals surface area contributed by atoms with E-state index >= 15 is 0 Å². The van der Waals surface area contributed by atoms with Crippen molar-refractivity contribution >= 4 is 6.03 Å². The highest BCUT2D eigenvalue weighted by atomic mass is 16.5. The van der Waals surface area contributed by atoms with E-state index in [1.807, 2.05) is 38.1 Å². The standard InChI is InChI=1S/C19H28N4O2/c1-13(18-14(2)21-25-15(18)3)12-20-19(24)23-11-6-5-8-17(23)16-9-7-10-22(16)4/h7,9-10,13,17H,5-6,8,11-12H2,1-4H3,(H,20,24)/t13-,17-/m0/s1. The minimum Gasteiger partial charge on any atom is -0.361 e. The van der Waals surface area contributed by atoms with E-state index in [0.29, 0.717) is 6.54 Å². The third-order valence-electron chi connectivity index (χ3n) is 5.23. The Morgan fingerprint density at radius 2 is 2.24 bits per heavy atom. The van der Waals surface area contributed by atoms with Gasteiger partial charge in [0.25, 0.3) is 0 Å². The maximum Gasteiger partial charge on any atom is 0.317 e. The molecule has 1 saturated heterocycles. The lowest BCUT2D eigenvalue weighted by Crippen LogP contribution is -2.46. The summed E-state index contributed by atoms with van der Waals surface area (Å²) >= 11 is 0. The number of nitrogens with zero attached hydrogens (tertiary/aromatic N) is 3. The largest absolute Gasteiger partial charge is 0.361 e. The van der Waals surface area contributed by atoms with Gasteiger partial charge in [0.05, 0.1) is 11.7 Å². The molecule has 6 nitrogen and oxygen atoms in total. The van der Waals surface area contributed by atoms with Gasteiger partial charge in [-0.2, -0.15) is 0 Å². The number of amides is 2. The molecule has 0 aliphatic carbocycles. The second-order valence-corrected chi connectivity index (χ2v) is 7.07. The van der Waals surface area contributed by atoms with Gasteiger partial charge in [-0.3, -0.25) is 0 Å². The van der Waals surface area contributed by atoms with E-state index in [2.05, 4.69) is 28.0 Å². The molecule has 3 heterocycles. The zero-order valence-corrected chi connectivity index (χ0v) is 15.6. The molecular formula is C19H28N4O2. The molecule has 0 spiro atoms. The average molecular weight is 344 g/mol. The molecule has 0 radical (unpaired) electrons. The molecule has 1 aliphatic heterocycles. The monoisotopic (exact) mass is 344 g/mol. The molecule has 0 saturated carbocycles. The van der Waals surface area contributed by atoms with Crippen molar-refractivity contribution < 1.29 is 9.32 Å². The number of likely N-dealkylation sites (tertiary alicyclic amines) is 1. The van der Waals surface area contributed by atoms with Crippen LogP contribution in [0.1, 0.15) is 60.9 Å². The maximum absolute atomic E-state index is 12.8. The predicted molar refractivity (Wildman–Crippen MR) is 96.5 cm³/mol. The molecule has 2 aromatic rings. The van der Waals surface area contributed by atoms with Crippen LogP contribution >= 0.6 is 0 Å². The molecule has 0 aromatic carbocycles. The molecule has 1 fully saturated rings. The topological polar surface area (TPSA) is 63.3 Å². The number of hydrogen-bond acceptors (Lipinski definition) is 3. The first-order valence-corrected chi connectivity index (χ1v) is 9.07. The zero-order chi connectivity index (χ0) is 18.0. The van der Waals surface area contributed by atoms with Crippen LogP contribution < -0.4 is 5.32 Å². The van der Waals surface area contributed by atoms with Gasteiger partial charge in [-0.25, -0.2) is 4.79 Å². The number of rotatable bonds is 4. The fraction of sp³-hybridized carbons (Fsp3) is 0.579. The Bertz CT molecular complexity index is 714. The van der Waals surface area contributed by atoms with Gasteiger partial charge < -0.3 is 19.3 Å². The average Bonchev–Trinajstić information content (AvgIpc) is 3.17. The lowest BCUT2D eigenvalue weighted by Gasteiger charge is -2.36. The Kier molecular flexibility index (Phi) is 5.16. The summed E-state index contributed by atoms with van der Waals surface area (Å²) in [6.45, 7) is 7.35. The molecule has 2 atom stereocenters. The van der Waals surface area contributed by atoms with Crippen LogP contribution in [0.3, 0.4) is 0 Å². The second-order valence-electron chi connectivity index (χ2n) is 7.07. The summed E-state index contributed by atoms with van der Waals surface area (Å²) in [5, 5.41) is 7.12. The van der Waals surface area contributed by atoms with Crippen LogP contribution in [-0.2, 0) is 7.05 Å². The minimum absolute atomic E-state index is 0.0181. The fourth-order valence-electron chi connectivity index (χ4n) is 3.94. The van der Waals surface area contributed by atoms with Gasteiger partial charge in [-0.15, -0.1) is 0 Å². The van der Waals surface area contributed by atoms with E-state index in [4.69, 9.17) is 4.52 Å². The van der Waals surface area contributed by atoms with Gasteiger partial charge in [0, 0.05) is 43.5 Å². The number of piperidine rings is 1. The molecule has 0 unspecified atom stereocenters. The summed E-state index contributed by atoms with van der Waals surface area (Å²) < 4.78 is 7.36. The highest BCUT2D eigenvalue weighted by Crippen LogP contribution is 2.31. The van der Waals surface area contributed by atoms with Crippen LogP contribution in [0, 0.1) is 13.8 Å². The lowest BCUT2D eigenvalue weighted by atomic mass is 9.99. The molecule has 25 heavy (non-hydrogen) atoms. The number of hydrogen-bond donors (Lipinski definition) is 1. The molecule has 2 aromatic heterocycles. The molecule has 1 N–H and O–H groups in total. The highest BCUT2D eigenvalue weighted by molar-refractivity contribution is 5.75. The van der Waals surface area contributed by atoms with E-state index in [0.717, 1.165) is 42.8 Å². The van der Waals surface area contributed by atoms with E-state index < -0.39 is 0 Å². The van der Waals surface area contributed by atoms with Crippen molar-refractivity contribution in [1.29, 1.82) is 0 Å². The summed E-state index contributed by atoms with van der Waals surface area (Å²) in [5.74, 6) is 1.01. The Morgan fingerprint density at radius 1 is 1.44 bits per heavy atom. The zero-order valence-electron chi connectivity index (χ0n) is 15.6. The van der Waals surface area contributed by atoms with Gasteiger partial charge in [0.15, 0.2) is 0 Å². The fourth-order valence-corrected chi connectivity index (χ4v) is 3.94. The SMILES string of the molecule is Cc1noc(C)c1[C@@H](C)CNC(=O)N1CCCC[C@H]1c1cccn1C. The molecule has 2 amide bonds. The van der Waals surface area contributed by atoms with Crippen molar-refractivity contribution in [3.05, 3.63) is 41.0 Å². The van der Waals surface area contributed by atoms with Gasteiger partial charge >= 0.3 is 6.03 Å². The maximum atomic E-state index is 12.8. The molecule has 3 rings (SSSR count). The molecule has 0 bridgehead atoms. The van der Waals surface area contributed by atoms with E-state index in [-0.39, 0.29) is 18.0 Å². The van der Waals surface area contributed by atoms with Crippen LogP contribution in [-0.4, -0.2) is 33.7 Å².